The Bertz CT molecular complexity index is 802. The summed E-state index contributed by atoms with van der Waals surface area (Å²) in [7, 11) is 0. The van der Waals surface area contributed by atoms with Crippen molar-refractivity contribution in [2.45, 2.75) is 13.1 Å². The van der Waals surface area contributed by atoms with Crippen LogP contribution in [-0.4, -0.2) is 15.7 Å². The summed E-state index contributed by atoms with van der Waals surface area (Å²) in [5.74, 6) is -11.4. The Kier molecular flexibility index (Phi) is 4.48. The molecule has 2 rings (SSSR count). The second-order valence-electron chi connectivity index (χ2n) is 4.41. The van der Waals surface area contributed by atoms with Gasteiger partial charge in [-0.3, -0.25) is 4.79 Å². The van der Waals surface area contributed by atoms with Gasteiger partial charge in [-0.05, 0) is 0 Å². The second kappa shape index (κ2) is 5.96. The first-order valence-electron chi connectivity index (χ1n) is 5.91. The minimum absolute atomic E-state index is 0.140. The van der Waals surface area contributed by atoms with E-state index in [0.29, 0.717) is 0 Å². The van der Waals surface area contributed by atoms with Crippen molar-refractivity contribution in [2.75, 3.05) is 5.32 Å². The van der Waals surface area contributed by atoms with Gasteiger partial charge in [0.25, 0.3) is 0 Å². The van der Waals surface area contributed by atoms with Crippen molar-refractivity contribution in [3.05, 3.63) is 40.1 Å². The van der Waals surface area contributed by atoms with Crippen molar-refractivity contribution < 1.29 is 35.5 Å². The summed E-state index contributed by atoms with van der Waals surface area (Å²) >= 11 is 5.62. The average Bonchev–Trinajstić information content (AvgIpc) is 2.77. The van der Waals surface area contributed by atoms with E-state index >= 15 is 0 Å². The summed E-state index contributed by atoms with van der Waals surface area (Å²) in [6, 6.07) is 0. The topological polar surface area (TPSA) is 46.9 Å². The number of hydrogen-bond donors (Lipinski definition) is 1. The third-order valence-corrected chi connectivity index (χ3v) is 3.03. The van der Waals surface area contributed by atoms with Crippen molar-refractivity contribution >= 4 is 23.3 Å². The normalized spacial score (nSPS) is 11.7. The number of halogens is 8. The van der Waals surface area contributed by atoms with Crippen LogP contribution in [0, 0.1) is 23.3 Å². The van der Waals surface area contributed by atoms with Crippen molar-refractivity contribution in [3.8, 4) is 5.69 Å². The van der Waals surface area contributed by atoms with Gasteiger partial charge in [-0.15, -0.1) is 0 Å². The number of amides is 1. The fourth-order valence-electron chi connectivity index (χ4n) is 1.83. The van der Waals surface area contributed by atoms with Crippen LogP contribution in [0.1, 0.15) is 12.5 Å². The Hall–Kier alpha value is -2.30. The van der Waals surface area contributed by atoms with Gasteiger partial charge in [0, 0.05) is 6.92 Å². The zero-order chi connectivity index (χ0) is 18.4. The molecule has 0 saturated heterocycles. The van der Waals surface area contributed by atoms with Crippen LogP contribution in [-0.2, 0) is 11.0 Å². The molecule has 0 atom stereocenters. The number of alkyl halides is 3. The van der Waals surface area contributed by atoms with Crippen LogP contribution in [0.15, 0.2) is 6.20 Å². The minimum Gasteiger partial charge on any atom is -0.310 e. The van der Waals surface area contributed by atoms with Crippen LogP contribution in [0.3, 0.4) is 0 Å². The molecule has 24 heavy (non-hydrogen) atoms. The number of carbonyl (C=O) groups is 1. The van der Waals surface area contributed by atoms with E-state index in [0.717, 1.165) is 13.1 Å². The molecule has 0 saturated carbocycles. The van der Waals surface area contributed by atoms with E-state index in [1.54, 1.807) is 0 Å². The fourth-order valence-corrected chi connectivity index (χ4v) is 2.00. The van der Waals surface area contributed by atoms with Crippen LogP contribution in [0.2, 0.25) is 5.02 Å². The Morgan fingerprint density at radius 1 is 1.12 bits per heavy atom. The highest BCUT2D eigenvalue weighted by Gasteiger charge is 2.43. The summed E-state index contributed by atoms with van der Waals surface area (Å²) in [6.45, 7) is 0.980. The molecule has 0 aliphatic heterocycles. The third kappa shape index (κ3) is 2.90. The highest BCUT2D eigenvalue weighted by molar-refractivity contribution is 6.33. The molecule has 1 N–H and O–H groups in total. The molecule has 2 aromatic rings. The summed E-state index contributed by atoms with van der Waals surface area (Å²) in [5, 5.41) is 4.93. The molecule has 0 bridgehead atoms. The average molecular weight is 376 g/mol. The first kappa shape index (κ1) is 18.0. The summed E-state index contributed by atoms with van der Waals surface area (Å²) < 4.78 is 92.9. The fraction of sp³-hybridized carbons (Fsp3) is 0.167. The van der Waals surface area contributed by atoms with Gasteiger partial charge in [0.2, 0.25) is 5.91 Å². The highest BCUT2D eigenvalue weighted by atomic mass is 35.5. The van der Waals surface area contributed by atoms with Crippen LogP contribution < -0.4 is 5.32 Å². The number of aromatic nitrogens is 2. The van der Waals surface area contributed by atoms with Gasteiger partial charge in [-0.2, -0.15) is 18.3 Å². The smallest absolute Gasteiger partial charge is 0.310 e. The van der Waals surface area contributed by atoms with Gasteiger partial charge < -0.3 is 5.32 Å². The lowest BCUT2D eigenvalue weighted by molar-refractivity contribution is -0.143. The summed E-state index contributed by atoms with van der Waals surface area (Å²) in [5.41, 5.74) is -4.32. The largest absolute Gasteiger partial charge is 0.422 e. The monoisotopic (exact) mass is 375 g/mol. The maximum absolute atomic E-state index is 13.9. The molecule has 1 aromatic carbocycles. The molecule has 1 aromatic heterocycles. The zero-order valence-electron chi connectivity index (χ0n) is 11.4. The number of anilines is 1. The van der Waals surface area contributed by atoms with E-state index in [9.17, 15) is 35.5 Å². The molecular weight excluding hydrogens is 371 g/mol. The number of rotatable bonds is 2. The lowest BCUT2D eigenvalue weighted by atomic mass is 10.1. The molecule has 0 aliphatic rings. The first-order chi connectivity index (χ1) is 11.0. The summed E-state index contributed by atoms with van der Waals surface area (Å²) in [6.07, 6.45) is -4.91. The molecule has 0 unspecified atom stereocenters. The molecule has 130 valence electrons. The molecule has 4 nitrogen and oxygen atoms in total. The van der Waals surface area contributed by atoms with Crippen LogP contribution in [0.4, 0.5) is 36.6 Å². The number of benzene rings is 1. The van der Waals surface area contributed by atoms with Gasteiger partial charge in [0.05, 0.1) is 6.20 Å². The molecule has 12 heteroatoms. The number of hydrogen-bond acceptors (Lipinski definition) is 2. The van der Waals surface area contributed by atoms with E-state index in [4.69, 9.17) is 11.6 Å². The van der Waals surface area contributed by atoms with Crippen molar-refractivity contribution in [2.24, 2.45) is 0 Å². The van der Waals surface area contributed by atoms with E-state index in [1.807, 2.05) is 5.32 Å². The van der Waals surface area contributed by atoms with E-state index < -0.39 is 52.4 Å². The Morgan fingerprint density at radius 2 is 1.62 bits per heavy atom. The second-order valence-corrected chi connectivity index (χ2v) is 4.82. The third-order valence-electron chi connectivity index (χ3n) is 2.75. The van der Waals surface area contributed by atoms with Crippen LogP contribution in [0.5, 0.6) is 0 Å². The van der Waals surface area contributed by atoms with E-state index in [1.165, 1.54) is 0 Å². The molecule has 0 spiro atoms. The molecule has 0 fully saturated rings. The van der Waals surface area contributed by atoms with Gasteiger partial charge in [0.1, 0.15) is 16.3 Å². The van der Waals surface area contributed by atoms with Gasteiger partial charge in [-0.1, -0.05) is 11.6 Å². The van der Waals surface area contributed by atoms with Gasteiger partial charge in [0.15, 0.2) is 29.1 Å². The summed E-state index contributed by atoms with van der Waals surface area (Å²) in [4.78, 5) is 11.0. The number of nitrogens with one attached hydrogen (secondary N) is 1. The van der Waals surface area contributed by atoms with Crippen LogP contribution >= 0.6 is 11.6 Å². The number of nitrogens with zero attached hydrogens (tertiary/aromatic N) is 2. The maximum Gasteiger partial charge on any atom is 0.422 e. The predicted octanol–water partition coefficient (Wildman–Crippen LogP) is 4.06. The molecule has 0 radical (unpaired) electrons. The molecule has 1 amide bonds. The predicted molar refractivity (Wildman–Crippen MR) is 67.7 cm³/mol. The van der Waals surface area contributed by atoms with E-state index in [-0.39, 0.29) is 9.70 Å². The lowest BCUT2D eigenvalue weighted by Gasteiger charge is -2.15. The molecular formula is C12H5ClF7N3O. The highest BCUT2D eigenvalue weighted by Crippen LogP contribution is 2.38. The maximum atomic E-state index is 13.9. The standard InChI is InChI=1S/C12H5ClF7N3O/c1-3(24)22-11-4(13)2-21-23(11)10-8(16)6(14)5(12(18,19)20)7(15)9(10)17/h2H,1H3,(H,22,24). The number of carbonyl (C=O) groups excluding carboxylic acids is 1. The van der Waals surface area contributed by atoms with Crippen molar-refractivity contribution in [1.82, 2.24) is 9.78 Å². The molecule has 0 aliphatic carbocycles. The van der Waals surface area contributed by atoms with Crippen molar-refractivity contribution in [1.29, 1.82) is 0 Å². The minimum atomic E-state index is -5.67. The SMILES string of the molecule is CC(=O)Nc1c(Cl)cnn1-c1c(F)c(F)c(C(F)(F)F)c(F)c1F. The van der Waals surface area contributed by atoms with E-state index in [2.05, 4.69) is 5.10 Å². The zero-order valence-corrected chi connectivity index (χ0v) is 12.2. The quantitative estimate of drug-likeness (QED) is 0.635. The van der Waals surface area contributed by atoms with Crippen molar-refractivity contribution in [3.63, 3.8) is 0 Å². The lowest BCUT2D eigenvalue weighted by Crippen LogP contribution is -2.19. The Labute approximate surface area is 133 Å². The Balaban J connectivity index is 2.82. The van der Waals surface area contributed by atoms with Crippen LogP contribution in [0.25, 0.3) is 5.69 Å². The molecule has 1 heterocycles. The Morgan fingerprint density at radius 3 is 2.04 bits per heavy atom. The first-order valence-corrected chi connectivity index (χ1v) is 6.29. The van der Waals surface area contributed by atoms with Gasteiger partial charge in [-0.25, -0.2) is 22.2 Å². The van der Waals surface area contributed by atoms with Gasteiger partial charge >= 0.3 is 6.18 Å².